The molecule has 0 saturated heterocycles. The number of phenolic OH excluding ortho intramolecular Hbond substituents is 2. The third kappa shape index (κ3) is 4.88. The monoisotopic (exact) mass is 490 g/mol. The molecule has 0 aliphatic rings. The summed E-state index contributed by atoms with van der Waals surface area (Å²) in [5, 5.41) is 25.0. The van der Waals surface area contributed by atoms with E-state index in [0.717, 1.165) is 50.8 Å². The van der Waals surface area contributed by atoms with E-state index in [9.17, 15) is 10.2 Å². The van der Waals surface area contributed by atoms with Gasteiger partial charge in [-0.05, 0) is 60.0 Å². The summed E-state index contributed by atoms with van der Waals surface area (Å²) in [7, 11) is 0. The van der Waals surface area contributed by atoms with Crippen molar-refractivity contribution in [2.24, 2.45) is 0 Å². The van der Waals surface area contributed by atoms with E-state index in [2.05, 4.69) is 19.2 Å². The van der Waals surface area contributed by atoms with Gasteiger partial charge in [-0.15, -0.1) is 35.8 Å². The van der Waals surface area contributed by atoms with Crippen LogP contribution in [0.2, 0.25) is 0 Å². The Labute approximate surface area is 207 Å². The molecule has 0 radical (unpaired) electrons. The minimum absolute atomic E-state index is 0.0411. The van der Waals surface area contributed by atoms with Crippen LogP contribution in [0.5, 0.6) is 23.0 Å². The van der Waals surface area contributed by atoms with Crippen molar-refractivity contribution < 1.29 is 19.7 Å². The van der Waals surface area contributed by atoms with Crippen molar-refractivity contribution in [1.82, 2.24) is 0 Å². The summed E-state index contributed by atoms with van der Waals surface area (Å²) in [6, 6.07) is 14.6. The molecule has 0 saturated carbocycles. The first-order chi connectivity index (χ1) is 16.7. The zero-order valence-corrected chi connectivity index (χ0v) is 20.3. The standard InChI is InChI=1S/C28H26O4S2/c1-3-5-15-31-23-11-8-12-24(32-16-6-4-2)26(23)20-14-18-34-28(20)27-19(13-17-33-27)25-21(29)9-7-10-22(25)30/h3-4,7-14,17-18,29-30H,1-2,5-6,15-16H2. The topological polar surface area (TPSA) is 58.9 Å². The van der Waals surface area contributed by atoms with E-state index < -0.39 is 0 Å². The maximum absolute atomic E-state index is 10.5. The lowest BCUT2D eigenvalue weighted by Crippen LogP contribution is -2.01. The van der Waals surface area contributed by atoms with Crippen molar-refractivity contribution in [2.75, 3.05) is 13.2 Å². The molecule has 34 heavy (non-hydrogen) atoms. The molecule has 4 nitrogen and oxygen atoms in total. The van der Waals surface area contributed by atoms with Crippen molar-refractivity contribution in [2.45, 2.75) is 12.8 Å². The maximum Gasteiger partial charge on any atom is 0.130 e. The number of phenols is 2. The first kappa shape index (κ1) is 23.7. The van der Waals surface area contributed by atoms with Gasteiger partial charge < -0.3 is 19.7 Å². The number of aromatic hydroxyl groups is 2. The van der Waals surface area contributed by atoms with Crippen molar-refractivity contribution in [3.8, 4) is 55.0 Å². The van der Waals surface area contributed by atoms with Gasteiger partial charge in [0.25, 0.3) is 0 Å². The number of hydrogen-bond donors (Lipinski definition) is 2. The number of ether oxygens (including phenoxy) is 2. The van der Waals surface area contributed by atoms with Gasteiger partial charge in [0, 0.05) is 11.1 Å². The summed E-state index contributed by atoms with van der Waals surface area (Å²) in [5.74, 6) is 1.56. The summed E-state index contributed by atoms with van der Waals surface area (Å²) in [5.41, 5.74) is 3.07. The fraction of sp³-hybridized carbons (Fsp3) is 0.143. The third-order valence-corrected chi connectivity index (χ3v) is 7.24. The van der Waals surface area contributed by atoms with Crippen molar-refractivity contribution in [3.63, 3.8) is 0 Å². The van der Waals surface area contributed by atoms with Crippen LogP contribution in [0.25, 0.3) is 32.0 Å². The summed E-state index contributed by atoms with van der Waals surface area (Å²) in [6.07, 6.45) is 5.13. The Hall–Kier alpha value is -3.48. The Morgan fingerprint density at radius 3 is 1.65 bits per heavy atom. The van der Waals surface area contributed by atoms with Crippen molar-refractivity contribution in [1.29, 1.82) is 0 Å². The summed E-state index contributed by atoms with van der Waals surface area (Å²) < 4.78 is 12.3. The van der Waals surface area contributed by atoms with E-state index in [1.165, 1.54) is 0 Å². The minimum atomic E-state index is 0.0411. The van der Waals surface area contributed by atoms with Crippen LogP contribution in [0.15, 0.2) is 84.6 Å². The van der Waals surface area contributed by atoms with Crippen molar-refractivity contribution >= 4 is 22.7 Å². The highest BCUT2D eigenvalue weighted by molar-refractivity contribution is 7.21. The van der Waals surface area contributed by atoms with E-state index in [-0.39, 0.29) is 11.5 Å². The van der Waals surface area contributed by atoms with Gasteiger partial charge in [0.1, 0.15) is 23.0 Å². The van der Waals surface area contributed by atoms with Gasteiger partial charge >= 0.3 is 0 Å². The van der Waals surface area contributed by atoms with E-state index in [1.54, 1.807) is 40.9 Å². The first-order valence-corrected chi connectivity index (χ1v) is 12.7. The molecule has 2 N–H and O–H groups in total. The lowest BCUT2D eigenvalue weighted by Gasteiger charge is -2.17. The van der Waals surface area contributed by atoms with Crippen LogP contribution in [0, 0.1) is 0 Å². The Morgan fingerprint density at radius 1 is 0.676 bits per heavy atom. The van der Waals surface area contributed by atoms with Crippen molar-refractivity contribution in [3.05, 3.63) is 84.6 Å². The quantitative estimate of drug-likeness (QED) is 0.165. The fourth-order valence-corrected chi connectivity index (χ4v) is 5.69. The second-order valence-corrected chi connectivity index (χ2v) is 9.31. The molecule has 0 aliphatic heterocycles. The minimum Gasteiger partial charge on any atom is -0.507 e. The molecule has 4 aromatic rings. The molecule has 0 spiro atoms. The molecular formula is C28H26O4S2. The predicted octanol–water partition coefficient (Wildman–Crippen LogP) is 8.13. The lowest BCUT2D eigenvalue weighted by atomic mass is 9.99. The molecule has 2 aromatic carbocycles. The number of hydrogen-bond acceptors (Lipinski definition) is 6. The van der Waals surface area contributed by atoms with E-state index in [4.69, 9.17) is 9.47 Å². The van der Waals surface area contributed by atoms with Crippen LogP contribution in [0.4, 0.5) is 0 Å². The SMILES string of the molecule is C=CCCOc1cccc(OCCC=C)c1-c1ccsc1-c1sccc1-c1c(O)cccc1O. The van der Waals surface area contributed by atoms with Gasteiger partial charge in [0.05, 0.1) is 34.1 Å². The molecule has 0 bridgehead atoms. The summed E-state index contributed by atoms with van der Waals surface area (Å²) in [6.45, 7) is 8.59. The Balaban J connectivity index is 1.84. The normalized spacial score (nSPS) is 10.7. The van der Waals surface area contributed by atoms with E-state index in [1.807, 2.05) is 47.2 Å². The molecule has 2 aromatic heterocycles. The third-order valence-electron chi connectivity index (χ3n) is 5.24. The zero-order valence-electron chi connectivity index (χ0n) is 18.7. The second kappa shape index (κ2) is 11.1. The summed E-state index contributed by atoms with van der Waals surface area (Å²) in [4.78, 5) is 1.97. The van der Waals surface area contributed by atoms with Crippen LogP contribution < -0.4 is 9.47 Å². The molecule has 2 heterocycles. The Morgan fingerprint density at radius 2 is 1.15 bits per heavy atom. The van der Waals surface area contributed by atoms with Gasteiger partial charge in [-0.3, -0.25) is 0 Å². The number of rotatable bonds is 11. The molecular weight excluding hydrogens is 464 g/mol. The van der Waals surface area contributed by atoms with Gasteiger partial charge in [-0.1, -0.05) is 24.3 Å². The lowest BCUT2D eigenvalue weighted by molar-refractivity contribution is 0.311. The van der Waals surface area contributed by atoms with Crippen LogP contribution in [-0.2, 0) is 0 Å². The van der Waals surface area contributed by atoms with Gasteiger partial charge in [-0.2, -0.15) is 0 Å². The van der Waals surface area contributed by atoms with Crippen LogP contribution in [0.1, 0.15) is 12.8 Å². The zero-order chi connectivity index (χ0) is 23.9. The number of benzene rings is 2. The van der Waals surface area contributed by atoms with Gasteiger partial charge in [-0.25, -0.2) is 0 Å². The van der Waals surface area contributed by atoms with E-state index in [0.29, 0.717) is 18.8 Å². The van der Waals surface area contributed by atoms with E-state index >= 15 is 0 Å². The largest absolute Gasteiger partial charge is 0.507 e. The fourth-order valence-electron chi connectivity index (χ4n) is 3.69. The molecule has 174 valence electrons. The highest BCUT2D eigenvalue weighted by atomic mass is 32.1. The summed E-state index contributed by atoms with van der Waals surface area (Å²) >= 11 is 3.16. The molecule has 6 heteroatoms. The Bertz CT molecular complexity index is 1230. The maximum atomic E-state index is 10.5. The first-order valence-electron chi connectivity index (χ1n) is 10.9. The molecule has 0 aliphatic carbocycles. The molecule has 0 amide bonds. The van der Waals surface area contributed by atoms with Gasteiger partial charge in [0.15, 0.2) is 0 Å². The second-order valence-electron chi connectivity index (χ2n) is 7.48. The van der Waals surface area contributed by atoms with Gasteiger partial charge in [0.2, 0.25) is 0 Å². The molecule has 0 atom stereocenters. The molecule has 0 unspecified atom stereocenters. The molecule has 0 fully saturated rings. The highest BCUT2D eigenvalue weighted by Crippen LogP contribution is 2.51. The average molecular weight is 491 g/mol. The highest BCUT2D eigenvalue weighted by Gasteiger charge is 2.23. The number of thiophene rings is 2. The predicted molar refractivity (Wildman–Crippen MR) is 142 cm³/mol. The van der Waals surface area contributed by atoms with Crippen LogP contribution >= 0.6 is 22.7 Å². The Kier molecular flexibility index (Phi) is 7.72. The van der Waals surface area contributed by atoms with Crippen LogP contribution in [-0.4, -0.2) is 23.4 Å². The smallest absolute Gasteiger partial charge is 0.130 e. The van der Waals surface area contributed by atoms with Crippen LogP contribution in [0.3, 0.4) is 0 Å². The molecule has 4 rings (SSSR count). The average Bonchev–Trinajstić information content (AvgIpc) is 3.49.